The van der Waals surface area contributed by atoms with Crippen LogP contribution >= 0.6 is 12.4 Å². The molecule has 1 fully saturated rings. The molecular formula is C11H15ClFN3O. The van der Waals surface area contributed by atoms with Gasteiger partial charge in [-0.2, -0.15) is 0 Å². The Hall–Kier alpha value is -1.33. The number of urea groups is 1. The van der Waals surface area contributed by atoms with Crippen molar-refractivity contribution >= 4 is 24.1 Å². The third kappa shape index (κ3) is 3.57. The van der Waals surface area contributed by atoms with E-state index in [0.717, 1.165) is 6.42 Å². The average molecular weight is 260 g/mol. The molecule has 0 saturated carbocycles. The maximum atomic E-state index is 12.6. The van der Waals surface area contributed by atoms with Gasteiger partial charge in [-0.3, -0.25) is 0 Å². The van der Waals surface area contributed by atoms with Crippen molar-refractivity contribution in [2.24, 2.45) is 5.73 Å². The number of amides is 2. The van der Waals surface area contributed by atoms with Gasteiger partial charge in [0.15, 0.2) is 0 Å². The summed E-state index contributed by atoms with van der Waals surface area (Å²) in [7, 11) is 0. The molecule has 1 atom stereocenters. The predicted molar refractivity (Wildman–Crippen MR) is 66.8 cm³/mol. The first-order chi connectivity index (χ1) is 7.65. The van der Waals surface area contributed by atoms with E-state index >= 15 is 0 Å². The molecule has 4 nitrogen and oxygen atoms in total. The normalized spacial score (nSPS) is 18.7. The third-order valence-corrected chi connectivity index (χ3v) is 2.61. The van der Waals surface area contributed by atoms with E-state index in [-0.39, 0.29) is 30.3 Å². The molecule has 1 aromatic rings. The molecule has 0 aromatic heterocycles. The van der Waals surface area contributed by atoms with Crippen LogP contribution in [0.5, 0.6) is 0 Å². The van der Waals surface area contributed by atoms with E-state index in [1.54, 1.807) is 4.90 Å². The molecule has 1 saturated heterocycles. The highest BCUT2D eigenvalue weighted by Gasteiger charge is 2.23. The molecule has 2 rings (SSSR count). The summed E-state index contributed by atoms with van der Waals surface area (Å²) in [6.45, 7) is 1.25. The van der Waals surface area contributed by atoms with Gasteiger partial charge in [-0.15, -0.1) is 12.4 Å². The molecule has 6 heteroatoms. The van der Waals surface area contributed by atoms with Crippen molar-refractivity contribution < 1.29 is 9.18 Å². The highest BCUT2D eigenvalue weighted by Crippen LogP contribution is 2.12. The highest BCUT2D eigenvalue weighted by molar-refractivity contribution is 5.89. The van der Waals surface area contributed by atoms with Crippen LogP contribution in [0.3, 0.4) is 0 Å². The van der Waals surface area contributed by atoms with Crippen molar-refractivity contribution in [1.29, 1.82) is 0 Å². The quantitative estimate of drug-likeness (QED) is 0.808. The predicted octanol–water partition coefficient (Wildman–Crippen LogP) is 1.81. The number of anilines is 1. The monoisotopic (exact) mass is 259 g/mol. The van der Waals surface area contributed by atoms with Gasteiger partial charge in [0.2, 0.25) is 0 Å². The number of nitrogens with zero attached hydrogens (tertiary/aromatic N) is 1. The van der Waals surface area contributed by atoms with Crippen LogP contribution in [0.2, 0.25) is 0 Å². The van der Waals surface area contributed by atoms with Crippen molar-refractivity contribution in [3.05, 3.63) is 30.1 Å². The van der Waals surface area contributed by atoms with Gasteiger partial charge in [-0.25, -0.2) is 9.18 Å². The summed E-state index contributed by atoms with van der Waals surface area (Å²) in [6.07, 6.45) is 0.830. The zero-order valence-electron chi connectivity index (χ0n) is 9.23. The molecule has 0 radical (unpaired) electrons. The molecule has 2 amide bonds. The van der Waals surface area contributed by atoms with Crippen LogP contribution in [0, 0.1) is 5.82 Å². The summed E-state index contributed by atoms with van der Waals surface area (Å²) in [6, 6.07) is 5.57. The van der Waals surface area contributed by atoms with Crippen molar-refractivity contribution in [3.8, 4) is 0 Å². The molecule has 1 aliphatic heterocycles. The van der Waals surface area contributed by atoms with Gasteiger partial charge >= 0.3 is 6.03 Å². The smallest absolute Gasteiger partial charge is 0.321 e. The summed E-state index contributed by atoms with van der Waals surface area (Å²) in [4.78, 5) is 13.4. The van der Waals surface area contributed by atoms with Crippen LogP contribution in [0.15, 0.2) is 24.3 Å². The first-order valence-electron chi connectivity index (χ1n) is 5.22. The molecular weight excluding hydrogens is 245 g/mol. The van der Waals surface area contributed by atoms with Crippen LogP contribution in [0.1, 0.15) is 6.42 Å². The number of halogens is 2. The van der Waals surface area contributed by atoms with Crippen LogP contribution < -0.4 is 11.1 Å². The largest absolute Gasteiger partial charge is 0.326 e. The Bertz CT molecular complexity index is 385. The van der Waals surface area contributed by atoms with E-state index < -0.39 is 0 Å². The maximum absolute atomic E-state index is 12.6. The van der Waals surface area contributed by atoms with Gasteiger partial charge in [-0.05, 0) is 30.7 Å². The molecule has 0 bridgehead atoms. The van der Waals surface area contributed by atoms with Gasteiger partial charge < -0.3 is 16.0 Å². The Labute approximate surface area is 105 Å². The Morgan fingerprint density at radius 1 is 1.41 bits per heavy atom. The summed E-state index contributed by atoms with van der Waals surface area (Å²) >= 11 is 0. The minimum Gasteiger partial charge on any atom is -0.326 e. The highest BCUT2D eigenvalue weighted by atomic mass is 35.5. The lowest BCUT2D eigenvalue weighted by molar-refractivity contribution is 0.222. The Balaban J connectivity index is 0.00000144. The number of hydrogen-bond donors (Lipinski definition) is 2. The molecule has 0 aliphatic carbocycles. The van der Waals surface area contributed by atoms with Crippen LogP contribution in [0.25, 0.3) is 0 Å². The second kappa shape index (κ2) is 5.84. The second-order valence-electron chi connectivity index (χ2n) is 3.93. The van der Waals surface area contributed by atoms with Gasteiger partial charge in [0.25, 0.3) is 0 Å². The Morgan fingerprint density at radius 3 is 2.59 bits per heavy atom. The standard InChI is InChI=1S/C11H14FN3O.ClH/c12-8-1-3-10(4-2-8)14-11(16)15-6-5-9(13)7-15;/h1-4,9H,5-7,13H2,(H,14,16);1H. The summed E-state index contributed by atoms with van der Waals surface area (Å²) < 4.78 is 12.6. The number of nitrogens with two attached hydrogens (primary N) is 1. The maximum Gasteiger partial charge on any atom is 0.321 e. The number of carbonyl (C=O) groups excluding carboxylic acids is 1. The topological polar surface area (TPSA) is 58.4 Å². The van der Waals surface area contributed by atoms with E-state index in [1.807, 2.05) is 0 Å². The summed E-state index contributed by atoms with van der Waals surface area (Å²) in [5.41, 5.74) is 6.29. The lowest BCUT2D eigenvalue weighted by atomic mass is 10.3. The Kier molecular flexibility index (Phi) is 4.72. The fourth-order valence-electron chi connectivity index (χ4n) is 1.71. The average Bonchev–Trinajstić information content (AvgIpc) is 2.68. The number of hydrogen-bond acceptors (Lipinski definition) is 2. The number of carbonyl (C=O) groups is 1. The lowest BCUT2D eigenvalue weighted by Gasteiger charge is -2.16. The number of likely N-dealkylation sites (tertiary alicyclic amines) is 1. The van der Waals surface area contributed by atoms with Crippen molar-refractivity contribution in [3.63, 3.8) is 0 Å². The minimum atomic E-state index is -0.318. The minimum absolute atomic E-state index is 0. The summed E-state index contributed by atoms with van der Waals surface area (Å²) in [5, 5.41) is 2.70. The molecule has 17 heavy (non-hydrogen) atoms. The zero-order chi connectivity index (χ0) is 11.5. The van der Waals surface area contributed by atoms with Gasteiger partial charge in [-0.1, -0.05) is 0 Å². The Morgan fingerprint density at radius 2 is 2.06 bits per heavy atom. The van der Waals surface area contributed by atoms with Gasteiger partial charge in [0, 0.05) is 24.8 Å². The first kappa shape index (κ1) is 13.7. The first-order valence-corrected chi connectivity index (χ1v) is 5.22. The van der Waals surface area contributed by atoms with E-state index in [1.165, 1.54) is 24.3 Å². The van der Waals surface area contributed by atoms with E-state index in [9.17, 15) is 9.18 Å². The van der Waals surface area contributed by atoms with Crippen molar-refractivity contribution in [2.75, 3.05) is 18.4 Å². The second-order valence-corrected chi connectivity index (χ2v) is 3.93. The molecule has 0 spiro atoms. The van der Waals surface area contributed by atoms with Crippen LogP contribution in [0.4, 0.5) is 14.9 Å². The van der Waals surface area contributed by atoms with Gasteiger partial charge in [0.1, 0.15) is 5.82 Å². The lowest BCUT2D eigenvalue weighted by Crippen LogP contribution is -2.35. The molecule has 1 aliphatic rings. The van der Waals surface area contributed by atoms with E-state index in [0.29, 0.717) is 18.8 Å². The van der Waals surface area contributed by atoms with Crippen molar-refractivity contribution in [2.45, 2.75) is 12.5 Å². The fraction of sp³-hybridized carbons (Fsp3) is 0.364. The molecule has 1 aromatic carbocycles. The van der Waals surface area contributed by atoms with Crippen LogP contribution in [-0.4, -0.2) is 30.1 Å². The summed E-state index contributed by atoms with van der Waals surface area (Å²) in [5.74, 6) is -0.318. The van der Waals surface area contributed by atoms with Crippen LogP contribution in [-0.2, 0) is 0 Å². The number of rotatable bonds is 1. The number of nitrogens with one attached hydrogen (secondary N) is 1. The number of benzene rings is 1. The van der Waals surface area contributed by atoms with E-state index in [4.69, 9.17) is 5.73 Å². The SMILES string of the molecule is Cl.NC1CCN(C(=O)Nc2ccc(F)cc2)C1. The van der Waals surface area contributed by atoms with Crippen molar-refractivity contribution in [1.82, 2.24) is 4.90 Å². The molecule has 1 unspecified atom stereocenters. The molecule has 94 valence electrons. The van der Waals surface area contributed by atoms with E-state index in [2.05, 4.69) is 5.32 Å². The molecule has 1 heterocycles. The van der Waals surface area contributed by atoms with Gasteiger partial charge in [0.05, 0.1) is 0 Å². The zero-order valence-corrected chi connectivity index (χ0v) is 10.0. The molecule has 3 N–H and O–H groups in total. The fourth-order valence-corrected chi connectivity index (χ4v) is 1.71. The third-order valence-electron chi connectivity index (χ3n) is 2.61.